The van der Waals surface area contributed by atoms with Gasteiger partial charge in [0.15, 0.2) is 5.78 Å². The van der Waals surface area contributed by atoms with Gasteiger partial charge in [0.25, 0.3) is 0 Å². The fourth-order valence-electron chi connectivity index (χ4n) is 4.02. The second-order valence-electron chi connectivity index (χ2n) is 8.94. The van der Waals surface area contributed by atoms with E-state index in [-0.39, 0.29) is 11.8 Å². The molecular formula is C24H34N2O3. The number of Topliss-reactive ketones (excluding diaryl/α,β-unsaturated/α-hetero) is 1. The molecule has 0 N–H and O–H groups in total. The summed E-state index contributed by atoms with van der Waals surface area (Å²) in [5.41, 5.74) is 0.410. The summed E-state index contributed by atoms with van der Waals surface area (Å²) < 4.78 is 5.64. The Labute approximate surface area is 175 Å². The summed E-state index contributed by atoms with van der Waals surface area (Å²) in [6, 6.07) is 8.14. The fourth-order valence-corrected chi connectivity index (χ4v) is 4.02. The second-order valence-corrected chi connectivity index (χ2v) is 8.94. The Morgan fingerprint density at radius 1 is 1.21 bits per heavy atom. The smallest absolute Gasteiger partial charge is 0.324 e. The molecule has 0 radical (unpaired) electrons. The molecular weight excluding hydrogens is 364 g/mol. The number of hydrogen-bond donors (Lipinski definition) is 0. The molecule has 0 saturated carbocycles. The van der Waals surface area contributed by atoms with Crippen LogP contribution < -0.4 is 0 Å². The van der Waals surface area contributed by atoms with Crippen LogP contribution in [0.2, 0.25) is 0 Å². The van der Waals surface area contributed by atoms with Gasteiger partial charge >= 0.3 is 5.97 Å². The zero-order valence-electron chi connectivity index (χ0n) is 18.4. The molecule has 5 heteroatoms. The van der Waals surface area contributed by atoms with E-state index in [1.165, 1.54) is 0 Å². The number of esters is 1. The molecule has 0 aromatic heterocycles. The summed E-state index contributed by atoms with van der Waals surface area (Å²) in [5.74, 6) is 0.0367. The molecule has 29 heavy (non-hydrogen) atoms. The van der Waals surface area contributed by atoms with Gasteiger partial charge in [0.1, 0.15) is 17.7 Å². The maximum Gasteiger partial charge on any atom is 0.324 e. The summed E-state index contributed by atoms with van der Waals surface area (Å²) in [7, 11) is 0. The van der Waals surface area contributed by atoms with Crippen molar-refractivity contribution in [1.29, 1.82) is 0 Å². The van der Waals surface area contributed by atoms with Crippen molar-refractivity contribution in [3.8, 4) is 0 Å². The topological polar surface area (TPSA) is 51.0 Å². The Balaban J connectivity index is 2.34. The molecule has 1 aliphatic rings. The van der Waals surface area contributed by atoms with Crippen LogP contribution in [0.4, 0.5) is 0 Å². The van der Waals surface area contributed by atoms with Gasteiger partial charge in [-0.2, -0.15) is 0 Å². The lowest BCUT2D eigenvalue weighted by molar-refractivity contribution is -0.161. The van der Waals surface area contributed by atoms with Crippen molar-refractivity contribution in [1.82, 2.24) is 4.90 Å². The minimum atomic E-state index is -0.610. The molecule has 2 rings (SSSR count). The summed E-state index contributed by atoms with van der Waals surface area (Å²) >= 11 is 0. The molecule has 1 aliphatic heterocycles. The molecule has 0 aliphatic carbocycles. The minimum Gasteiger partial charge on any atom is -0.459 e. The zero-order chi connectivity index (χ0) is 21.6. The van der Waals surface area contributed by atoms with Crippen molar-refractivity contribution >= 4 is 11.8 Å². The number of nitrogens with zero attached hydrogens (tertiary/aromatic N) is 2. The van der Waals surface area contributed by atoms with Gasteiger partial charge in [-0.15, -0.1) is 0 Å². The number of hydrogen-bond acceptors (Lipinski definition) is 4. The van der Waals surface area contributed by atoms with Crippen LogP contribution in [0.15, 0.2) is 30.3 Å². The first kappa shape index (κ1) is 23.1. The van der Waals surface area contributed by atoms with Crippen molar-refractivity contribution < 1.29 is 14.3 Å². The van der Waals surface area contributed by atoms with Gasteiger partial charge in [-0.05, 0) is 32.3 Å². The predicted octanol–water partition coefficient (Wildman–Crippen LogP) is 4.65. The average molecular weight is 399 g/mol. The van der Waals surface area contributed by atoms with Crippen LogP contribution in [0.3, 0.4) is 0 Å². The van der Waals surface area contributed by atoms with Crippen molar-refractivity contribution in [2.75, 3.05) is 0 Å². The van der Waals surface area contributed by atoms with Gasteiger partial charge < -0.3 is 9.58 Å². The Kier molecular flexibility index (Phi) is 7.98. The van der Waals surface area contributed by atoms with E-state index >= 15 is 0 Å². The SMILES string of the molecule is [C-]#[N+]C1CC(C(=O)OC(C)(C)C)N(Cc2ccccc2)C1C(=O)CC(CC)CC. The van der Waals surface area contributed by atoms with Crippen molar-refractivity contribution in [2.45, 2.75) is 90.6 Å². The van der Waals surface area contributed by atoms with E-state index in [0.717, 1.165) is 18.4 Å². The van der Waals surface area contributed by atoms with E-state index in [0.29, 0.717) is 25.3 Å². The molecule has 0 bridgehead atoms. The highest BCUT2D eigenvalue weighted by Crippen LogP contribution is 2.33. The van der Waals surface area contributed by atoms with Crippen LogP contribution in [0, 0.1) is 12.5 Å². The van der Waals surface area contributed by atoms with Crippen molar-refractivity contribution in [3.05, 3.63) is 47.3 Å². The Morgan fingerprint density at radius 3 is 2.34 bits per heavy atom. The maximum atomic E-state index is 13.3. The molecule has 3 atom stereocenters. The lowest BCUT2D eigenvalue weighted by Crippen LogP contribution is -2.47. The molecule has 5 nitrogen and oxygen atoms in total. The third kappa shape index (κ3) is 6.14. The lowest BCUT2D eigenvalue weighted by Gasteiger charge is -2.30. The number of benzene rings is 1. The summed E-state index contributed by atoms with van der Waals surface area (Å²) in [6.45, 7) is 17.8. The Bertz CT molecular complexity index is 729. The molecule has 1 fully saturated rings. The largest absolute Gasteiger partial charge is 0.459 e. The predicted molar refractivity (Wildman–Crippen MR) is 114 cm³/mol. The van der Waals surface area contributed by atoms with E-state index in [4.69, 9.17) is 11.3 Å². The molecule has 1 heterocycles. The Hall–Kier alpha value is -2.19. The van der Waals surface area contributed by atoms with E-state index < -0.39 is 23.7 Å². The van der Waals surface area contributed by atoms with Crippen LogP contribution in [-0.4, -0.2) is 40.4 Å². The second kappa shape index (κ2) is 10.0. The van der Waals surface area contributed by atoms with E-state index in [1.807, 2.05) is 56.0 Å². The first-order valence-corrected chi connectivity index (χ1v) is 10.6. The highest BCUT2D eigenvalue weighted by atomic mass is 16.6. The van der Waals surface area contributed by atoms with Gasteiger partial charge in [0, 0.05) is 13.0 Å². The van der Waals surface area contributed by atoms with Gasteiger partial charge in [0.2, 0.25) is 6.04 Å². The van der Waals surface area contributed by atoms with Crippen LogP contribution >= 0.6 is 0 Å². The molecule has 0 spiro atoms. The number of ketones is 1. The summed E-state index contributed by atoms with van der Waals surface area (Å²) in [4.78, 5) is 31.9. The standard InChI is InChI=1S/C24H34N2O3/c1-7-17(8-2)14-21(27)22-19(25-6)15-20(23(28)29-24(3,4)5)26(22)16-18-12-10-9-11-13-18/h9-13,17,19-20,22H,7-8,14-16H2,1-5H3. The first-order valence-electron chi connectivity index (χ1n) is 10.6. The van der Waals surface area contributed by atoms with Crippen molar-refractivity contribution in [3.63, 3.8) is 0 Å². The number of ether oxygens (including phenoxy) is 1. The zero-order valence-corrected chi connectivity index (χ0v) is 18.4. The molecule has 3 unspecified atom stereocenters. The maximum absolute atomic E-state index is 13.3. The van der Waals surface area contributed by atoms with Gasteiger partial charge in [0.05, 0.1) is 6.42 Å². The fraction of sp³-hybridized carbons (Fsp3) is 0.625. The molecule has 158 valence electrons. The molecule has 1 saturated heterocycles. The normalized spacial score (nSPS) is 22.4. The number of carbonyl (C=O) groups excluding carboxylic acids is 2. The number of carbonyl (C=O) groups is 2. The third-order valence-corrected chi connectivity index (χ3v) is 5.61. The lowest BCUT2D eigenvalue weighted by atomic mass is 9.92. The van der Waals surface area contributed by atoms with Crippen LogP contribution in [-0.2, 0) is 20.9 Å². The first-order chi connectivity index (χ1) is 13.7. The van der Waals surface area contributed by atoms with Crippen molar-refractivity contribution in [2.24, 2.45) is 5.92 Å². The molecule has 0 amide bonds. The van der Waals surface area contributed by atoms with Crippen LogP contribution in [0.5, 0.6) is 0 Å². The molecule has 1 aromatic rings. The Morgan fingerprint density at radius 2 is 1.83 bits per heavy atom. The van der Waals surface area contributed by atoms with E-state index in [1.54, 1.807) is 0 Å². The monoisotopic (exact) mass is 398 g/mol. The quantitative estimate of drug-likeness (QED) is 0.472. The van der Waals surface area contributed by atoms with Crippen LogP contribution in [0.25, 0.3) is 4.85 Å². The minimum absolute atomic E-state index is 0.0710. The summed E-state index contributed by atoms with van der Waals surface area (Å²) in [6.07, 6.45) is 2.66. The third-order valence-electron chi connectivity index (χ3n) is 5.61. The highest BCUT2D eigenvalue weighted by Gasteiger charge is 2.52. The number of likely N-dealkylation sites (tertiary alicyclic amines) is 1. The van der Waals surface area contributed by atoms with Gasteiger partial charge in [-0.3, -0.25) is 14.5 Å². The van der Waals surface area contributed by atoms with Gasteiger partial charge in [-0.1, -0.05) is 57.0 Å². The van der Waals surface area contributed by atoms with E-state index in [2.05, 4.69) is 18.7 Å². The molecule has 1 aromatic carbocycles. The highest BCUT2D eigenvalue weighted by molar-refractivity contribution is 5.88. The van der Waals surface area contributed by atoms with Gasteiger partial charge in [-0.25, -0.2) is 6.57 Å². The summed E-state index contributed by atoms with van der Waals surface area (Å²) in [5, 5.41) is 0. The number of rotatable bonds is 8. The van der Waals surface area contributed by atoms with E-state index in [9.17, 15) is 9.59 Å². The van der Waals surface area contributed by atoms with Crippen LogP contribution in [0.1, 0.15) is 65.9 Å². The average Bonchev–Trinajstić information content (AvgIpc) is 3.04.